The Morgan fingerprint density at radius 1 is 1.10 bits per heavy atom. The van der Waals surface area contributed by atoms with Gasteiger partial charge >= 0.3 is 6.18 Å². The standard InChI is InChI=1S/C23H22F3N3O2/c24-23(25,26)19-10-8-17(9-11-19)22-27-21(31-28-22)15-29-12-4-7-18(14-29)20(30)13-16-5-2-1-3-6-16/h1-3,5-6,8-11,18H,4,7,12-15H2. The summed E-state index contributed by atoms with van der Waals surface area (Å²) in [5.74, 6) is 0.821. The Morgan fingerprint density at radius 3 is 2.55 bits per heavy atom. The van der Waals surface area contributed by atoms with Crippen molar-refractivity contribution in [1.82, 2.24) is 15.0 Å². The molecule has 2 aromatic carbocycles. The summed E-state index contributed by atoms with van der Waals surface area (Å²) in [6, 6.07) is 14.4. The minimum atomic E-state index is -4.39. The number of benzene rings is 2. The van der Waals surface area contributed by atoms with Crippen LogP contribution in [0, 0.1) is 5.92 Å². The van der Waals surface area contributed by atoms with Gasteiger partial charge in [-0.15, -0.1) is 0 Å². The lowest BCUT2D eigenvalue weighted by Crippen LogP contribution is -2.38. The second-order valence-corrected chi connectivity index (χ2v) is 7.79. The van der Waals surface area contributed by atoms with E-state index in [4.69, 9.17) is 4.52 Å². The van der Waals surface area contributed by atoms with Gasteiger partial charge in [0.15, 0.2) is 0 Å². The Kier molecular flexibility index (Phi) is 6.18. The van der Waals surface area contributed by atoms with Gasteiger partial charge in [-0.2, -0.15) is 18.2 Å². The Labute approximate surface area is 177 Å². The minimum absolute atomic E-state index is 0.0359. The first kappa shape index (κ1) is 21.2. The summed E-state index contributed by atoms with van der Waals surface area (Å²) in [5.41, 5.74) is 0.750. The molecule has 0 radical (unpaired) electrons. The number of carbonyl (C=O) groups excluding carboxylic acids is 1. The normalized spacial score (nSPS) is 17.6. The van der Waals surface area contributed by atoms with Crippen molar-refractivity contribution in [3.8, 4) is 11.4 Å². The molecule has 0 amide bonds. The number of ketones is 1. The maximum Gasteiger partial charge on any atom is 0.416 e. The molecule has 1 atom stereocenters. The van der Waals surface area contributed by atoms with Crippen molar-refractivity contribution in [2.75, 3.05) is 13.1 Å². The van der Waals surface area contributed by atoms with Gasteiger partial charge in [0.1, 0.15) is 5.78 Å². The van der Waals surface area contributed by atoms with Gasteiger partial charge in [0.25, 0.3) is 0 Å². The van der Waals surface area contributed by atoms with Crippen molar-refractivity contribution < 1.29 is 22.5 Å². The van der Waals surface area contributed by atoms with Crippen LogP contribution in [-0.4, -0.2) is 33.9 Å². The van der Waals surface area contributed by atoms with Gasteiger partial charge in [-0.05, 0) is 37.1 Å². The largest absolute Gasteiger partial charge is 0.416 e. The van der Waals surface area contributed by atoms with E-state index in [0.29, 0.717) is 31.0 Å². The van der Waals surface area contributed by atoms with E-state index in [1.165, 1.54) is 12.1 Å². The Bertz CT molecular complexity index is 1020. The van der Waals surface area contributed by atoms with E-state index in [1.807, 2.05) is 30.3 Å². The van der Waals surface area contributed by atoms with Crippen molar-refractivity contribution in [1.29, 1.82) is 0 Å². The molecule has 0 spiro atoms. The van der Waals surface area contributed by atoms with Crippen molar-refractivity contribution in [2.45, 2.75) is 32.0 Å². The molecule has 1 fully saturated rings. The number of rotatable bonds is 6. The Hall–Kier alpha value is -3.00. The van der Waals surface area contributed by atoms with E-state index in [9.17, 15) is 18.0 Å². The number of hydrogen-bond donors (Lipinski definition) is 0. The molecule has 3 aromatic rings. The van der Waals surface area contributed by atoms with Gasteiger partial charge in [-0.25, -0.2) is 0 Å². The van der Waals surface area contributed by atoms with Crippen molar-refractivity contribution in [2.24, 2.45) is 5.92 Å². The monoisotopic (exact) mass is 429 g/mol. The molecule has 0 saturated carbocycles. The first-order valence-electron chi connectivity index (χ1n) is 10.2. The maximum absolute atomic E-state index is 12.7. The molecule has 0 aliphatic carbocycles. The second-order valence-electron chi connectivity index (χ2n) is 7.79. The topological polar surface area (TPSA) is 59.2 Å². The van der Waals surface area contributed by atoms with Crippen molar-refractivity contribution in [3.05, 3.63) is 71.6 Å². The van der Waals surface area contributed by atoms with Gasteiger partial charge in [0.2, 0.25) is 11.7 Å². The number of piperidine rings is 1. The number of alkyl halides is 3. The summed E-state index contributed by atoms with van der Waals surface area (Å²) in [7, 11) is 0. The summed E-state index contributed by atoms with van der Waals surface area (Å²) in [4.78, 5) is 19.1. The highest BCUT2D eigenvalue weighted by atomic mass is 19.4. The lowest BCUT2D eigenvalue weighted by molar-refractivity contribution is -0.137. The van der Waals surface area contributed by atoms with E-state index in [2.05, 4.69) is 15.0 Å². The quantitative estimate of drug-likeness (QED) is 0.565. The summed E-state index contributed by atoms with van der Waals surface area (Å²) in [6.07, 6.45) is -2.18. The number of halogens is 3. The number of aromatic nitrogens is 2. The fourth-order valence-corrected chi connectivity index (χ4v) is 3.84. The highest BCUT2D eigenvalue weighted by Crippen LogP contribution is 2.30. The molecule has 1 aliphatic heterocycles. The van der Waals surface area contributed by atoms with E-state index in [-0.39, 0.29) is 17.5 Å². The van der Waals surface area contributed by atoms with Crippen LogP contribution in [0.25, 0.3) is 11.4 Å². The average Bonchev–Trinajstić information content (AvgIpc) is 3.22. The average molecular weight is 429 g/mol. The molecular formula is C23H22F3N3O2. The third-order valence-electron chi connectivity index (χ3n) is 5.48. The van der Waals surface area contributed by atoms with E-state index < -0.39 is 11.7 Å². The van der Waals surface area contributed by atoms with Crippen LogP contribution in [-0.2, 0) is 23.9 Å². The molecule has 4 rings (SSSR count). The molecule has 2 heterocycles. The van der Waals surface area contributed by atoms with E-state index in [0.717, 1.165) is 37.1 Å². The molecule has 1 saturated heterocycles. The highest BCUT2D eigenvalue weighted by Gasteiger charge is 2.30. The molecule has 0 bridgehead atoms. The molecule has 162 valence electrons. The molecule has 1 aliphatic rings. The van der Waals surface area contributed by atoms with Crippen LogP contribution in [0.15, 0.2) is 59.1 Å². The summed E-state index contributed by atoms with van der Waals surface area (Å²) < 4.78 is 43.5. The SMILES string of the molecule is O=C(Cc1ccccc1)C1CCCN(Cc2nc(-c3ccc(C(F)(F)F)cc3)no2)C1. The molecule has 1 unspecified atom stereocenters. The van der Waals surface area contributed by atoms with Crippen LogP contribution >= 0.6 is 0 Å². The number of Topliss-reactive ketones (excluding diaryl/α,β-unsaturated/α-hetero) is 1. The van der Waals surface area contributed by atoms with Gasteiger partial charge in [-0.1, -0.05) is 47.6 Å². The lowest BCUT2D eigenvalue weighted by Gasteiger charge is -2.30. The fourth-order valence-electron chi connectivity index (χ4n) is 3.84. The summed E-state index contributed by atoms with van der Waals surface area (Å²) >= 11 is 0. The maximum atomic E-state index is 12.7. The molecule has 5 nitrogen and oxygen atoms in total. The van der Waals surface area contributed by atoms with Gasteiger partial charge in [-0.3, -0.25) is 9.69 Å². The van der Waals surface area contributed by atoms with Crippen LogP contribution < -0.4 is 0 Å². The highest BCUT2D eigenvalue weighted by molar-refractivity contribution is 5.83. The number of likely N-dealkylation sites (tertiary alicyclic amines) is 1. The third-order valence-corrected chi connectivity index (χ3v) is 5.48. The third kappa shape index (κ3) is 5.38. The molecular weight excluding hydrogens is 407 g/mol. The van der Waals surface area contributed by atoms with Gasteiger partial charge < -0.3 is 4.52 Å². The van der Waals surface area contributed by atoms with Gasteiger partial charge in [0, 0.05) is 24.4 Å². The predicted octanol–water partition coefficient (Wildman–Crippen LogP) is 4.78. The summed E-state index contributed by atoms with van der Waals surface area (Å²) in [5, 5.41) is 3.89. The smallest absolute Gasteiger partial charge is 0.338 e. The predicted molar refractivity (Wildman–Crippen MR) is 108 cm³/mol. The van der Waals surface area contributed by atoms with Crippen molar-refractivity contribution >= 4 is 5.78 Å². The fraction of sp³-hybridized carbons (Fsp3) is 0.348. The van der Waals surface area contributed by atoms with Crippen LogP contribution in [0.1, 0.15) is 29.9 Å². The van der Waals surface area contributed by atoms with Gasteiger partial charge in [0.05, 0.1) is 12.1 Å². The minimum Gasteiger partial charge on any atom is -0.338 e. The van der Waals surface area contributed by atoms with Crippen LogP contribution in [0.2, 0.25) is 0 Å². The van der Waals surface area contributed by atoms with Crippen molar-refractivity contribution in [3.63, 3.8) is 0 Å². The molecule has 8 heteroatoms. The first-order valence-corrected chi connectivity index (χ1v) is 10.2. The summed E-state index contributed by atoms with van der Waals surface area (Å²) in [6.45, 7) is 1.86. The Balaban J connectivity index is 1.36. The van der Waals surface area contributed by atoms with Crippen LogP contribution in [0.4, 0.5) is 13.2 Å². The van der Waals surface area contributed by atoms with Crippen LogP contribution in [0.3, 0.4) is 0 Å². The number of nitrogens with zero attached hydrogens (tertiary/aromatic N) is 3. The molecule has 0 N–H and O–H groups in total. The van der Waals surface area contributed by atoms with Crippen LogP contribution in [0.5, 0.6) is 0 Å². The zero-order valence-electron chi connectivity index (χ0n) is 16.8. The number of hydrogen-bond acceptors (Lipinski definition) is 5. The zero-order valence-corrected chi connectivity index (χ0v) is 16.8. The number of carbonyl (C=O) groups is 1. The van der Waals surface area contributed by atoms with E-state index >= 15 is 0 Å². The molecule has 1 aromatic heterocycles. The Morgan fingerprint density at radius 2 is 1.84 bits per heavy atom. The first-order chi connectivity index (χ1) is 14.9. The second kappa shape index (κ2) is 9.01. The van der Waals surface area contributed by atoms with E-state index in [1.54, 1.807) is 0 Å². The lowest BCUT2D eigenvalue weighted by atomic mass is 9.90. The zero-order chi connectivity index (χ0) is 21.8. The molecule has 31 heavy (non-hydrogen) atoms.